The quantitative estimate of drug-likeness (QED) is 0.245. The molecule has 0 radical (unpaired) electrons. The van der Waals surface area contributed by atoms with Crippen molar-refractivity contribution in [2.75, 3.05) is 13.1 Å². The van der Waals surface area contributed by atoms with Crippen LogP contribution >= 0.6 is 0 Å². The van der Waals surface area contributed by atoms with Crippen LogP contribution in [-0.4, -0.2) is 47.1 Å². The summed E-state index contributed by atoms with van der Waals surface area (Å²) in [5.41, 5.74) is 5.76. The minimum absolute atomic E-state index is 0.139. The van der Waals surface area contributed by atoms with Crippen LogP contribution in [0.15, 0.2) is 53.7 Å². The molecule has 5 heterocycles. The van der Waals surface area contributed by atoms with Gasteiger partial charge in [-0.2, -0.15) is 0 Å². The Hall–Kier alpha value is -4.11. The second-order valence-electron chi connectivity index (χ2n) is 12.9. The molecule has 0 amide bonds. The highest BCUT2D eigenvalue weighted by Gasteiger charge is 2.31. The average Bonchev–Trinajstić information content (AvgIpc) is 3.93. The second-order valence-corrected chi connectivity index (χ2v) is 12.9. The zero-order valence-corrected chi connectivity index (χ0v) is 24.7. The lowest BCUT2D eigenvalue weighted by molar-refractivity contribution is 0.173. The Labute approximate surface area is 249 Å². The number of aryl methyl sites for hydroxylation is 1. The Balaban J connectivity index is 1.27. The van der Waals surface area contributed by atoms with E-state index in [4.69, 9.17) is 9.97 Å². The Kier molecular flexibility index (Phi) is 6.33. The molecule has 1 saturated heterocycles. The van der Waals surface area contributed by atoms with E-state index in [0.29, 0.717) is 40.5 Å². The van der Waals surface area contributed by atoms with Crippen LogP contribution in [0, 0.1) is 11.7 Å². The summed E-state index contributed by atoms with van der Waals surface area (Å²) < 4.78 is 18.1. The third kappa shape index (κ3) is 4.99. The molecule has 2 saturated carbocycles. The molecule has 1 atom stereocenters. The van der Waals surface area contributed by atoms with Crippen molar-refractivity contribution in [2.24, 2.45) is 13.0 Å². The van der Waals surface area contributed by atoms with Gasteiger partial charge in [-0.15, -0.1) is 0 Å². The summed E-state index contributed by atoms with van der Waals surface area (Å²) in [5, 5.41) is 0. The topological polar surface area (TPSA) is 84.6 Å². The Morgan fingerprint density at radius 3 is 2.60 bits per heavy atom. The molecule has 1 aliphatic heterocycles. The molecule has 5 aromatic rings. The van der Waals surface area contributed by atoms with Gasteiger partial charge in [-0.3, -0.25) is 14.3 Å². The molecule has 3 aliphatic rings. The van der Waals surface area contributed by atoms with E-state index >= 15 is 0 Å². The predicted octanol–water partition coefficient (Wildman–Crippen LogP) is 6.30. The summed E-state index contributed by atoms with van der Waals surface area (Å²) >= 11 is 0. The molecule has 0 unspecified atom stereocenters. The van der Waals surface area contributed by atoms with Crippen molar-refractivity contribution in [1.82, 2.24) is 34.0 Å². The third-order valence-corrected chi connectivity index (χ3v) is 9.29. The molecule has 8 nitrogen and oxygen atoms in total. The summed E-state index contributed by atoms with van der Waals surface area (Å²) in [4.78, 5) is 34.6. The number of aromatic nitrogens is 6. The molecule has 220 valence electrons. The molecule has 4 aromatic heterocycles. The number of hydrogen-bond donors (Lipinski definition) is 1. The van der Waals surface area contributed by atoms with Crippen LogP contribution in [0.25, 0.3) is 39.4 Å². The molecular weight excluding hydrogens is 541 g/mol. The van der Waals surface area contributed by atoms with E-state index in [1.165, 1.54) is 25.0 Å². The number of benzene rings is 1. The lowest BCUT2D eigenvalue weighted by Crippen LogP contribution is -2.34. The summed E-state index contributed by atoms with van der Waals surface area (Å²) in [6.07, 6.45) is 12.4. The number of likely N-dealkylation sites (tertiary alicyclic amines) is 1. The van der Waals surface area contributed by atoms with E-state index in [1.807, 2.05) is 30.1 Å². The number of hydrogen-bond acceptors (Lipinski definition) is 5. The Bertz CT molecular complexity index is 1910. The minimum atomic E-state index is -0.316. The largest absolute Gasteiger partial charge is 0.336 e. The first kappa shape index (κ1) is 26.5. The zero-order valence-electron chi connectivity index (χ0n) is 24.7. The molecule has 0 bridgehead atoms. The second kappa shape index (κ2) is 10.3. The zero-order chi connectivity index (χ0) is 29.2. The first-order chi connectivity index (χ1) is 20.9. The van der Waals surface area contributed by atoms with Crippen molar-refractivity contribution in [3.63, 3.8) is 0 Å². The summed E-state index contributed by atoms with van der Waals surface area (Å²) in [6, 6.07) is 8.88. The van der Waals surface area contributed by atoms with Crippen molar-refractivity contribution in [3.05, 3.63) is 82.2 Å². The number of H-pyrrole nitrogens is 1. The minimum Gasteiger partial charge on any atom is -0.336 e. The Morgan fingerprint density at radius 1 is 1.02 bits per heavy atom. The number of pyridine rings is 2. The first-order valence-electron chi connectivity index (χ1n) is 15.6. The monoisotopic (exact) mass is 577 g/mol. The standard InChI is InChI=1S/C34H36FN7O/c1-20-4-3-12-41(17-20)19-29-38-31-27(21-5-6-21)18-42(34(43)32(31)39-29)30-15-23(14-28(37-30)22-7-8-22)25-10-9-24(35)16-26(25)33-36-11-13-40(33)2/h9-11,13-16,18,20-22H,3-8,12,17,19H2,1-2H3,(H,38,39)/t20-/m0/s1. The molecule has 8 rings (SSSR count). The van der Waals surface area contributed by atoms with Crippen molar-refractivity contribution < 1.29 is 4.39 Å². The van der Waals surface area contributed by atoms with E-state index in [0.717, 1.165) is 79.0 Å². The van der Waals surface area contributed by atoms with Gasteiger partial charge >= 0.3 is 0 Å². The maximum atomic E-state index is 14.5. The van der Waals surface area contributed by atoms with Crippen LogP contribution in [0.5, 0.6) is 0 Å². The van der Waals surface area contributed by atoms with Crippen LogP contribution in [0.4, 0.5) is 4.39 Å². The van der Waals surface area contributed by atoms with Crippen LogP contribution in [0.1, 0.15) is 74.4 Å². The number of fused-ring (bicyclic) bond motifs is 1. The molecule has 1 aromatic carbocycles. The van der Waals surface area contributed by atoms with Gasteiger partial charge < -0.3 is 9.55 Å². The number of piperidine rings is 1. The fourth-order valence-electron chi connectivity index (χ4n) is 6.73. The highest BCUT2D eigenvalue weighted by atomic mass is 19.1. The fourth-order valence-corrected chi connectivity index (χ4v) is 6.73. The SMILES string of the molecule is C[C@H]1CCCN(Cc2nc3c(C4CC4)cn(-c4cc(-c5ccc(F)cc5-c5nccn5C)cc(C5CC5)n4)c(=O)c3[nH]2)C1. The summed E-state index contributed by atoms with van der Waals surface area (Å²) in [5.74, 6) is 3.25. The van der Waals surface area contributed by atoms with E-state index in [1.54, 1.807) is 16.8 Å². The Morgan fingerprint density at radius 2 is 1.86 bits per heavy atom. The number of imidazole rings is 2. The fraction of sp³-hybridized carbons (Fsp3) is 0.412. The smallest absolute Gasteiger partial charge is 0.282 e. The molecular formula is C34H36FN7O. The summed E-state index contributed by atoms with van der Waals surface area (Å²) in [7, 11) is 1.91. The lowest BCUT2D eigenvalue weighted by Gasteiger charge is -2.29. The van der Waals surface area contributed by atoms with Gasteiger partial charge in [0.2, 0.25) is 0 Å². The van der Waals surface area contributed by atoms with Gasteiger partial charge in [-0.25, -0.2) is 19.3 Å². The van der Waals surface area contributed by atoms with Crippen molar-refractivity contribution in [2.45, 2.75) is 63.8 Å². The van der Waals surface area contributed by atoms with Gasteiger partial charge in [-0.05, 0) is 92.3 Å². The normalized spacial score (nSPS) is 19.4. The van der Waals surface area contributed by atoms with Gasteiger partial charge in [-0.1, -0.05) is 13.0 Å². The highest BCUT2D eigenvalue weighted by Crippen LogP contribution is 2.44. The van der Waals surface area contributed by atoms with Gasteiger partial charge in [0.1, 0.15) is 28.8 Å². The van der Waals surface area contributed by atoms with Crippen LogP contribution < -0.4 is 5.56 Å². The van der Waals surface area contributed by atoms with Gasteiger partial charge in [0, 0.05) is 54.9 Å². The maximum absolute atomic E-state index is 14.5. The number of aromatic amines is 1. The molecule has 1 N–H and O–H groups in total. The average molecular weight is 578 g/mol. The molecule has 0 spiro atoms. The summed E-state index contributed by atoms with van der Waals surface area (Å²) in [6.45, 7) is 5.14. The van der Waals surface area contributed by atoms with Crippen LogP contribution in [0.2, 0.25) is 0 Å². The van der Waals surface area contributed by atoms with Crippen molar-refractivity contribution >= 4 is 11.0 Å². The maximum Gasteiger partial charge on any atom is 0.282 e. The van der Waals surface area contributed by atoms with Gasteiger partial charge in [0.25, 0.3) is 5.56 Å². The highest BCUT2D eigenvalue weighted by molar-refractivity contribution is 5.82. The molecule has 9 heteroatoms. The van der Waals surface area contributed by atoms with Gasteiger partial charge in [0.05, 0.1) is 12.1 Å². The van der Waals surface area contributed by atoms with E-state index < -0.39 is 0 Å². The van der Waals surface area contributed by atoms with E-state index in [-0.39, 0.29) is 11.4 Å². The first-order valence-corrected chi connectivity index (χ1v) is 15.6. The number of nitrogens with one attached hydrogen (secondary N) is 1. The third-order valence-electron chi connectivity index (χ3n) is 9.29. The molecule has 43 heavy (non-hydrogen) atoms. The number of rotatable bonds is 7. The van der Waals surface area contributed by atoms with Gasteiger partial charge in [0.15, 0.2) is 0 Å². The van der Waals surface area contributed by atoms with Crippen LogP contribution in [-0.2, 0) is 13.6 Å². The predicted molar refractivity (Wildman–Crippen MR) is 165 cm³/mol. The number of nitrogens with zero attached hydrogens (tertiary/aromatic N) is 6. The number of halogens is 1. The van der Waals surface area contributed by atoms with E-state index in [9.17, 15) is 9.18 Å². The lowest BCUT2D eigenvalue weighted by atomic mass is 9.98. The molecule has 3 fully saturated rings. The molecule has 2 aliphatic carbocycles. The van der Waals surface area contributed by atoms with Crippen LogP contribution in [0.3, 0.4) is 0 Å². The van der Waals surface area contributed by atoms with Crippen molar-refractivity contribution in [1.29, 1.82) is 0 Å². The van der Waals surface area contributed by atoms with Crippen molar-refractivity contribution in [3.8, 4) is 28.3 Å². The van der Waals surface area contributed by atoms with E-state index in [2.05, 4.69) is 27.9 Å².